The molecule has 1 aliphatic rings. The van der Waals surface area contributed by atoms with Crippen molar-refractivity contribution in [3.05, 3.63) is 60.7 Å². The summed E-state index contributed by atoms with van der Waals surface area (Å²) in [5.41, 5.74) is 6.67. The zero-order valence-corrected chi connectivity index (χ0v) is 16.3. The average Bonchev–Trinajstić information content (AvgIpc) is 2.91. The normalized spacial score (nSPS) is 14.0. The fourth-order valence-electron chi connectivity index (χ4n) is 3.38. The fourth-order valence-corrected chi connectivity index (χ4v) is 5.05. The molecule has 3 N–H and O–H groups in total. The number of sulfonamides is 1. The molecule has 0 saturated heterocycles. The first kappa shape index (κ1) is 18.8. The Morgan fingerprint density at radius 3 is 2.48 bits per heavy atom. The van der Waals surface area contributed by atoms with Gasteiger partial charge in [0.15, 0.2) is 0 Å². The maximum absolute atomic E-state index is 13.0. The second kappa shape index (κ2) is 6.78. The van der Waals surface area contributed by atoms with Crippen molar-refractivity contribution < 1.29 is 18.0 Å². The summed E-state index contributed by atoms with van der Waals surface area (Å²) in [4.78, 5) is 25.4. The zero-order chi connectivity index (χ0) is 20.8. The van der Waals surface area contributed by atoms with Gasteiger partial charge in [-0.2, -0.15) is 0 Å². The van der Waals surface area contributed by atoms with Crippen molar-refractivity contribution in [3.8, 4) is 0 Å². The Balaban J connectivity index is 1.60. The van der Waals surface area contributed by atoms with Crippen LogP contribution in [0.5, 0.6) is 0 Å². The smallest absolute Gasteiger partial charge is 0.318 e. The van der Waals surface area contributed by atoms with E-state index in [9.17, 15) is 18.0 Å². The van der Waals surface area contributed by atoms with E-state index in [0.717, 1.165) is 9.69 Å². The van der Waals surface area contributed by atoms with Crippen LogP contribution in [0.4, 0.5) is 21.9 Å². The largest absolute Gasteiger partial charge is 0.351 e. The van der Waals surface area contributed by atoms with Crippen LogP contribution in [0.25, 0.3) is 10.8 Å². The van der Waals surface area contributed by atoms with Crippen molar-refractivity contribution in [3.63, 3.8) is 0 Å². The van der Waals surface area contributed by atoms with Crippen LogP contribution in [0.1, 0.15) is 0 Å². The van der Waals surface area contributed by atoms with Gasteiger partial charge in [-0.1, -0.05) is 30.3 Å². The molecule has 1 heterocycles. The fraction of sp³-hybridized carbons (Fsp3) is 0.100. The molecule has 0 radical (unpaired) electrons. The lowest BCUT2D eigenvalue weighted by Crippen LogP contribution is -2.35. The predicted molar refractivity (Wildman–Crippen MR) is 112 cm³/mol. The summed E-state index contributed by atoms with van der Waals surface area (Å²) in [6.07, 6.45) is 0. The monoisotopic (exact) mass is 410 g/mol. The third-order valence-electron chi connectivity index (χ3n) is 4.82. The molecule has 0 saturated carbocycles. The molecule has 0 spiro atoms. The number of hydrogen-bond donors (Lipinski definition) is 2. The van der Waals surface area contributed by atoms with Crippen molar-refractivity contribution in [2.75, 3.05) is 28.1 Å². The van der Waals surface area contributed by atoms with Crippen molar-refractivity contribution in [1.82, 2.24) is 0 Å². The first-order valence-electron chi connectivity index (χ1n) is 8.76. The first-order valence-corrected chi connectivity index (χ1v) is 10.2. The number of benzene rings is 3. The van der Waals surface area contributed by atoms with Crippen LogP contribution in [0.3, 0.4) is 0 Å². The molecule has 29 heavy (non-hydrogen) atoms. The van der Waals surface area contributed by atoms with E-state index >= 15 is 0 Å². The van der Waals surface area contributed by atoms with Gasteiger partial charge in [-0.05, 0) is 35.7 Å². The van der Waals surface area contributed by atoms with Gasteiger partial charge in [0.2, 0.25) is 5.91 Å². The molecule has 0 fully saturated rings. The van der Waals surface area contributed by atoms with E-state index < -0.39 is 22.0 Å². The van der Waals surface area contributed by atoms with Gasteiger partial charge in [-0.15, -0.1) is 0 Å². The number of hydrogen-bond acceptors (Lipinski definition) is 4. The molecule has 3 amide bonds. The van der Waals surface area contributed by atoms with Crippen LogP contribution in [0, 0.1) is 0 Å². The molecule has 9 heteroatoms. The number of nitrogens with one attached hydrogen (secondary N) is 1. The number of urea groups is 1. The lowest BCUT2D eigenvalue weighted by molar-refractivity contribution is -0.114. The SMILES string of the molecule is CN(C(N)=O)c1cccc(NC(=O)CN2c3cccc4cccc(c34)S2(=O)=O)c1. The van der Waals surface area contributed by atoms with Crippen molar-refractivity contribution in [2.45, 2.75) is 4.90 Å². The molecule has 0 aliphatic carbocycles. The lowest BCUT2D eigenvalue weighted by atomic mass is 10.1. The van der Waals surface area contributed by atoms with Crippen LogP contribution in [0.15, 0.2) is 65.6 Å². The van der Waals surface area contributed by atoms with E-state index in [4.69, 9.17) is 5.73 Å². The summed E-state index contributed by atoms with van der Waals surface area (Å²) < 4.78 is 27.0. The lowest BCUT2D eigenvalue weighted by Gasteiger charge is -2.19. The van der Waals surface area contributed by atoms with Gasteiger partial charge in [0.1, 0.15) is 6.54 Å². The highest BCUT2D eigenvalue weighted by molar-refractivity contribution is 7.93. The summed E-state index contributed by atoms with van der Waals surface area (Å²) >= 11 is 0. The standard InChI is InChI=1S/C20H18N4O4S/c1-23(20(21)26)15-8-4-7-14(11-15)22-18(25)12-24-16-9-2-5-13-6-3-10-17(19(13)16)29(24,27)28/h2-11H,12H2,1H3,(H2,21,26)(H,22,25). The minimum Gasteiger partial charge on any atom is -0.351 e. The number of amides is 3. The quantitative estimate of drug-likeness (QED) is 0.688. The van der Waals surface area contributed by atoms with Gasteiger partial charge >= 0.3 is 6.03 Å². The molecule has 148 valence electrons. The van der Waals surface area contributed by atoms with E-state index in [1.807, 2.05) is 12.1 Å². The highest BCUT2D eigenvalue weighted by Crippen LogP contribution is 2.41. The summed E-state index contributed by atoms with van der Waals surface area (Å²) in [7, 11) is -2.30. The van der Waals surface area contributed by atoms with Gasteiger partial charge in [0.05, 0.1) is 10.6 Å². The molecule has 4 rings (SSSR count). The number of anilines is 3. The van der Waals surface area contributed by atoms with E-state index in [2.05, 4.69) is 5.32 Å². The van der Waals surface area contributed by atoms with Crippen LogP contribution in [-0.4, -0.2) is 33.9 Å². The molecular weight excluding hydrogens is 392 g/mol. The summed E-state index contributed by atoms with van der Waals surface area (Å²) in [5, 5.41) is 4.09. The maximum Gasteiger partial charge on any atom is 0.318 e. The molecule has 8 nitrogen and oxygen atoms in total. The number of carbonyl (C=O) groups is 2. The maximum atomic E-state index is 13.0. The number of rotatable bonds is 4. The minimum absolute atomic E-state index is 0.198. The molecule has 3 aromatic carbocycles. The Morgan fingerprint density at radius 2 is 1.76 bits per heavy atom. The van der Waals surface area contributed by atoms with Crippen LogP contribution >= 0.6 is 0 Å². The average molecular weight is 410 g/mol. The van der Waals surface area contributed by atoms with Crippen molar-refractivity contribution >= 4 is 49.8 Å². The molecule has 3 aromatic rings. The Bertz CT molecular complexity index is 1250. The van der Waals surface area contributed by atoms with E-state index in [1.54, 1.807) is 48.5 Å². The van der Waals surface area contributed by atoms with Gasteiger partial charge < -0.3 is 11.1 Å². The van der Waals surface area contributed by atoms with Crippen LogP contribution in [-0.2, 0) is 14.8 Å². The Hall–Kier alpha value is -3.59. The third-order valence-corrected chi connectivity index (χ3v) is 6.62. The molecule has 0 unspecified atom stereocenters. The number of nitrogens with zero attached hydrogens (tertiary/aromatic N) is 2. The van der Waals surface area contributed by atoms with Crippen molar-refractivity contribution in [1.29, 1.82) is 0 Å². The second-order valence-electron chi connectivity index (χ2n) is 6.64. The molecule has 1 aliphatic heterocycles. The highest BCUT2D eigenvalue weighted by Gasteiger charge is 2.36. The van der Waals surface area contributed by atoms with Gasteiger partial charge in [-0.3, -0.25) is 14.0 Å². The summed E-state index contributed by atoms with van der Waals surface area (Å²) in [5.74, 6) is -0.503. The second-order valence-corrected chi connectivity index (χ2v) is 8.47. The first-order chi connectivity index (χ1) is 13.8. The van der Waals surface area contributed by atoms with Crippen molar-refractivity contribution in [2.24, 2.45) is 5.73 Å². The summed E-state index contributed by atoms with van der Waals surface area (Å²) in [6.45, 7) is -0.369. The predicted octanol–water partition coefficient (Wildman–Crippen LogP) is 2.50. The topological polar surface area (TPSA) is 113 Å². The van der Waals surface area contributed by atoms with E-state index in [-0.39, 0.29) is 11.4 Å². The molecular formula is C20H18N4O4S. The van der Waals surface area contributed by atoms with Crippen LogP contribution in [0.2, 0.25) is 0 Å². The van der Waals surface area contributed by atoms with Gasteiger partial charge in [-0.25, -0.2) is 13.2 Å². The molecule has 0 atom stereocenters. The van der Waals surface area contributed by atoms with Gasteiger partial charge in [0, 0.05) is 23.8 Å². The number of nitrogens with two attached hydrogens (primary N) is 1. The van der Waals surface area contributed by atoms with E-state index in [0.29, 0.717) is 22.4 Å². The Labute approximate surface area is 167 Å². The van der Waals surface area contributed by atoms with Gasteiger partial charge in [0.25, 0.3) is 10.0 Å². The molecule has 0 aromatic heterocycles. The number of carbonyl (C=O) groups excluding carboxylic acids is 2. The van der Waals surface area contributed by atoms with E-state index in [1.165, 1.54) is 11.9 Å². The number of primary amides is 1. The Kier molecular flexibility index (Phi) is 4.39. The zero-order valence-electron chi connectivity index (χ0n) is 15.5. The minimum atomic E-state index is -3.82. The highest BCUT2D eigenvalue weighted by atomic mass is 32.2. The third kappa shape index (κ3) is 3.15. The van der Waals surface area contributed by atoms with Crippen LogP contribution < -0.4 is 20.3 Å². The molecule has 0 bridgehead atoms. The summed E-state index contributed by atoms with van der Waals surface area (Å²) in [6, 6.07) is 16.3. The Morgan fingerprint density at radius 1 is 1.07 bits per heavy atom.